The van der Waals surface area contributed by atoms with E-state index in [-0.39, 0.29) is 53.9 Å². The number of alkyl halides is 3. The van der Waals surface area contributed by atoms with Gasteiger partial charge in [0.25, 0.3) is 5.88 Å². The van der Waals surface area contributed by atoms with E-state index in [9.17, 15) is 23.3 Å². The van der Waals surface area contributed by atoms with Crippen molar-refractivity contribution in [3.05, 3.63) is 46.1 Å². The lowest BCUT2D eigenvalue weighted by molar-refractivity contribution is -0.386. The van der Waals surface area contributed by atoms with Crippen LogP contribution in [-0.4, -0.2) is 33.9 Å². The molecule has 0 radical (unpaired) electrons. The Balaban J connectivity index is 1.68. The normalized spacial score (nSPS) is 19.0. The van der Waals surface area contributed by atoms with Crippen LogP contribution >= 0.6 is 0 Å². The molecule has 0 spiro atoms. The summed E-state index contributed by atoms with van der Waals surface area (Å²) in [7, 11) is 0. The number of para-hydroxylation sites is 1. The van der Waals surface area contributed by atoms with Crippen molar-refractivity contribution < 1.29 is 27.6 Å². The predicted molar refractivity (Wildman–Crippen MR) is 105 cm³/mol. The zero-order chi connectivity index (χ0) is 22.4. The van der Waals surface area contributed by atoms with Gasteiger partial charge in [-0.2, -0.15) is 4.98 Å². The highest BCUT2D eigenvalue weighted by atomic mass is 19.4. The van der Waals surface area contributed by atoms with Crippen LogP contribution < -0.4 is 20.5 Å². The molecule has 1 aromatic carbocycles. The average molecular weight is 441 g/mol. The van der Waals surface area contributed by atoms with Gasteiger partial charge in [-0.1, -0.05) is 18.2 Å². The third-order valence-electron chi connectivity index (χ3n) is 4.91. The zero-order valence-electron chi connectivity index (χ0n) is 16.5. The number of nitro groups is 1. The Morgan fingerprint density at radius 3 is 2.61 bits per heavy atom. The molecule has 0 unspecified atom stereocenters. The van der Waals surface area contributed by atoms with Gasteiger partial charge in [-0.05, 0) is 37.7 Å². The summed E-state index contributed by atoms with van der Waals surface area (Å²) in [5, 5.41) is 14.0. The Hall–Kier alpha value is -3.15. The van der Waals surface area contributed by atoms with E-state index < -0.39 is 11.3 Å². The molecule has 9 nitrogen and oxygen atoms in total. The number of hydrogen-bond acceptors (Lipinski definition) is 8. The Kier molecular flexibility index (Phi) is 7.10. The molecule has 1 aliphatic rings. The van der Waals surface area contributed by atoms with Gasteiger partial charge in [-0.25, -0.2) is 4.98 Å². The van der Waals surface area contributed by atoms with Crippen molar-refractivity contribution >= 4 is 11.6 Å². The van der Waals surface area contributed by atoms with Crippen molar-refractivity contribution in [2.24, 2.45) is 11.7 Å². The number of nitrogens with two attached hydrogens (primary N) is 1. The van der Waals surface area contributed by atoms with Crippen LogP contribution in [0.25, 0.3) is 0 Å². The standard InChI is InChI=1S/C19H22F3N5O4/c20-19(21,22)31-16-4-2-1-3-13(16)9-24-18-25-10-15(27(28)29)17(26-18)30-11-12-5-7-14(23)8-6-12/h1-4,10,12,14H,5-9,11,23H2,(H,24,25,26). The number of rotatable bonds is 8. The number of nitrogens with zero attached hydrogens (tertiary/aromatic N) is 3. The number of halogens is 3. The summed E-state index contributed by atoms with van der Waals surface area (Å²) in [6.07, 6.45) is -0.371. The fourth-order valence-electron chi connectivity index (χ4n) is 3.28. The van der Waals surface area contributed by atoms with Crippen LogP contribution in [0.15, 0.2) is 30.5 Å². The molecule has 3 rings (SSSR count). The second-order valence-corrected chi connectivity index (χ2v) is 7.24. The van der Waals surface area contributed by atoms with Gasteiger partial charge < -0.3 is 20.5 Å². The van der Waals surface area contributed by atoms with Gasteiger partial charge in [-0.3, -0.25) is 10.1 Å². The Labute approximate surface area is 175 Å². The molecule has 1 saturated carbocycles. The van der Waals surface area contributed by atoms with E-state index in [1.54, 1.807) is 6.07 Å². The molecule has 0 amide bonds. The van der Waals surface area contributed by atoms with Gasteiger partial charge in [0.15, 0.2) is 0 Å². The van der Waals surface area contributed by atoms with Crippen LogP contribution in [0, 0.1) is 16.0 Å². The fourth-order valence-corrected chi connectivity index (χ4v) is 3.28. The summed E-state index contributed by atoms with van der Waals surface area (Å²) in [6.45, 7) is 0.163. The Bertz CT molecular complexity index is 904. The molecule has 0 bridgehead atoms. The summed E-state index contributed by atoms with van der Waals surface area (Å²) in [5.74, 6) is -0.362. The zero-order valence-corrected chi connectivity index (χ0v) is 16.5. The molecule has 168 valence electrons. The van der Waals surface area contributed by atoms with Gasteiger partial charge in [0.05, 0.1) is 11.5 Å². The van der Waals surface area contributed by atoms with Crippen LogP contribution in [0.3, 0.4) is 0 Å². The van der Waals surface area contributed by atoms with Gasteiger partial charge in [0, 0.05) is 18.2 Å². The quantitative estimate of drug-likeness (QED) is 0.468. The van der Waals surface area contributed by atoms with Crippen molar-refractivity contribution in [1.29, 1.82) is 0 Å². The van der Waals surface area contributed by atoms with Crippen LogP contribution in [0.2, 0.25) is 0 Å². The molecule has 1 heterocycles. The second kappa shape index (κ2) is 9.77. The molecule has 0 saturated heterocycles. The number of nitrogens with one attached hydrogen (secondary N) is 1. The maximum absolute atomic E-state index is 12.6. The summed E-state index contributed by atoms with van der Waals surface area (Å²) in [5.41, 5.74) is 5.70. The molecule has 0 aliphatic heterocycles. The monoisotopic (exact) mass is 441 g/mol. The number of aromatic nitrogens is 2. The first-order valence-electron chi connectivity index (χ1n) is 9.68. The van der Waals surface area contributed by atoms with Crippen LogP contribution in [-0.2, 0) is 6.54 Å². The lowest BCUT2D eigenvalue weighted by Crippen LogP contribution is -2.29. The van der Waals surface area contributed by atoms with Gasteiger partial charge in [0.1, 0.15) is 11.9 Å². The maximum atomic E-state index is 12.6. The molecule has 1 fully saturated rings. The minimum Gasteiger partial charge on any atom is -0.472 e. The molecule has 1 aliphatic carbocycles. The largest absolute Gasteiger partial charge is 0.573 e. The van der Waals surface area contributed by atoms with E-state index in [4.69, 9.17) is 10.5 Å². The Morgan fingerprint density at radius 1 is 1.23 bits per heavy atom. The molecule has 3 N–H and O–H groups in total. The molecular formula is C19H22F3N5O4. The summed E-state index contributed by atoms with van der Waals surface area (Å²) < 4.78 is 47.3. The van der Waals surface area contributed by atoms with Crippen molar-refractivity contribution in [3.63, 3.8) is 0 Å². The summed E-state index contributed by atoms with van der Waals surface area (Å²) in [4.78, 5) is 18.5. The van der Waals surface area contributed by atoms with Crippen molar-refractivity contribution in [2.45, 2.75) is 44.6 Å². The molecule has 31 heavy (non-hydrogen) atoms. The van der Waals surface area contributed by atoms with E-state index in [1.807, 2.05) is 0 Å². The van der Waals surface area contributed by atoms with Crippen LogP contribution in [0.5, 0.6) is 11.6 Å². The van der Waals surface area contributed by atoms with Crippen molar-refractivity contribution in [1.82, 2.24) is 9.97 Å². The summed E-state index contributed by atoms with van der Waals surface area (Å²) in [6, 6.07) is 5.78. The van der Waals surface area contributed by atoms with E-state index >= 15 is 0 Å². The summed E-state index contributed by atoms with van der Waals surface area (Å²) >= 11 is 0. The lowest BCUT2D eigenvalue weighted by Gasteiger charge is -2.25. The molecule has 0 atom stereocenters. The number of ether oxygens (including phenoxy) is 2. The van der Waals surface area contributed by atoms with Crippen LogP contribution in [0.4, 0.5) is 24.8 Å². The minimum absolute atomic E-state index is 0.0203. The number of benzene rings is 1. The predicted octanol–water partition coefficient (Wildman–Crippen LogP) is 3.79. The third-order valence-corrected chi connectivity index (χ3v) is 4.91. The first-order chi connectivity index (χ1) is 14.7. The lowest BCUT2D eigenvalue weighted by atomic mass is 9.87. The molecule has 1 aromatic heterocycles. The van der Waals surface area contributed by atoms with E-state index in [0.717, 1.165) is 31.9 Å². The van der Waals surface area contributed by atoms with E-state index in [1.165, 1.54) is 18.2 Å². The molecule has 2 aromatic rings. The second-order valence-electron chi connectivity index (χ2n) is 7.24. The van der Waals surface area contributed by atoms with Crippen molar-refractivity contribution in [3.8, 4) is 11.6 Å². The third kappa shape index (κ3) is 6.67. The maximum Gasteiger partial charge on any atom is 0.573 e. The smallest absolute Gasteiger partial charge is 0.472 e. The minimum atomic E-state index is -4.83. The topological polar surface area (TPSA) is 125 Å². The fraction of sp³-hybridized carbons (Fsp3) is 0.474. The number of anilines is 1. The van der Waals surface area contributed by atoms with Crippen LogP contribution in [0.1, 0.15) is 31.2 Å². The molecular weight excluding hydrogens is 419 g/mol. The van der Waals surface area contributed by atoms with Crippen molar-refractivity contribution in [2.75, 3.05) is 11.9 Å². The first-order valence-corrected chi connectivity index (χ1v) is 9.68. The van der Waals surface area contributed by atoms with E-state index in [2.05, 4.69) is 20.0 Å². The SMILES string of the molecule is NC1CCC(COc2nc(NCc3ccccc3OC(F)(F)F)ncc2[N+](=O)[O-])CC1. The molecule has 12 heteroatoms. The Morgan fingerprint density at radius 2 is 1.94 bits per heavy atom. The first kappa shape index (κ1) is 22.5. The van der Waals surface area contributed by atoms with Gasteiger partial charge in [-0.15, -0.1) is 13.2 Å². The highest BCUT2D eigenvalue weighted by Crippen LogP contribution is 2.29. The van der Waals surface area contributed by atoms with Gasteiger partial charge >= 0.3 is 12.0 Å². The highest BCUT2D eigenvalue weighted by Gasteiger charge is 2.32. The average Bonchev–Trinajstić information content (AvgIpc) is 2.71. The number of hydrogen-bond donors (Lipinski definition) is 2. The van der Waals surface area contributed by atoms with E-state index in [0.29, 0.717) is 0 Å². The highest BCUT2D eigenvalue weighted by molar-refractivity contribution is 5.44. The van der Waals surface area contributed by atoms with Gasteiger partial charge in [0.2, 0.25) is 5.95 Å².